The lowest BCUT2D eigenvalue weighted by atomic mass is 9.91. The Morgan fingerprint density at radius 3 is 2.38 bits per heavy atom. The molecule has 1 aliphatic heterocycles. The summed E-state index contributed by atoms with van der Waals surface area (Å²) in [6.07, 6.45) is 1.36. The largest absolute Gasteiger partial charge is 0.341 e. The van der Waals surface area contributed by atoms with E-state index in [9.17, 15) is 19.2 Å². The monoisotopic (exact) mass is 441 g/mol. The van der Waals surface area contributed by atoms with Crippen LogP contribution in [0.2, 0.25) is 0 Å². The van der Waals surface area contributed by atoms with Crippen molar-refractivity contribution in [2.45, 2.75) is 53.5 Å². The highest BCUT2D eigenvalue weighted by Gasteiger charge is 2.33. The predicted octanol–water partition coefficient (Wildman–Crippen LogP) is 2.02. The first-order valence-electron chi connectivity index (χ1n) is 10.9. The van der Waals surface area contributed by atoms with Crippen molar-refractivity contribution in [2.24, 2.45) is 11.3 Å². The van der Waals surface area contributed by atoms with Crippen LogP contribution in [0.15, 0.2) is 29.1 Å². The standard InChI is InChI=1S/C23H31N5O4/c1-14(2)28-21(31)17-11-7-6-10-16(17)18(26-28)20(30)25-24-19(29)15-9-8-12-27(13-15)22(32)23(3,4)5/h6-7,10-11,14-15H,8-9,12-13H2,1-5H3,(H,24,29)(H,25,30). The lowest BCUT2D eigenvalue weighted by Crippen LogP contribution is -2.51. The Balaban J connectivity index is 1.74. The smallest absolute Gasteiger partial charge is 0.290 e. The fourth-order valence-electron chi connectivity index (χ4n) is 3.85. The number of hydrogen-bond acceptors (Lipinski definition) is 5. The Hall–Kier alpha value is -3.23. The van der Waals surface area contributed by atoms with Crippen molar-refractivity contribution < 1.29 is 14.4 Å². The van der Waals surface area contributed by atoms with Gasteiger partial charge in [-0.2, -0.15) is 5.10 Å². The number of hydrazine groups is 1. The number of amides is 3. The van der Waals surface area contributed by atoms with Gasteiger partial charge in [0.15, 0.2) is 5.69 Å². The molecule has 1 atom stereocenters. The molecule has 9 nitrogen and oxygen atoms in total. The zero-order valence-corrected chi connectivity index (χ0v) is 19.3. The van der Waals surface area contributed by atoms with Crippen molar-refractivity contribution in [3.63, 3.8) is 0 Å². The minimum absolute atomic E-state index is 0.00523. The molecule has 1 fully saturated rings. The maximum atomic E-state index is 12.9. The second-order valence-corrected chi connectivity index (χ2v) is 9.52. The summed E-state index contributed by atoms with van der Waals surface area (Å²) in [7, 11) is 0. The van der Waals surface area contributed by atoms with Gasteiger partial charge in [-0.15, -0.1) is 0 Å². The van der Waals surface area contributed by atoms with E-state index in [1.807, 2.05) is 20.8 Å². The molecule has 1 unspecified atom stereocenters. The van der Waals surface area contributed by atoms with Crippen LogP contribution in [-0.4, -0.2) is 45.5 Å². The summed E-state index contributed by atoms with van der Waals surface area (Å²) in [5, 5.41) is 5.04. The number of hydrogen-bond donors (Lipinski definition) is 2. The molecule has 2 N–H and O–H groups in total. The van der Waals surface area contributed by atoms with E-state index >= 15 is 0 Å². The minimum Gasteiger partial charge on any atom is -0.341 e. The molecule has 1 aromatic carbocycles. The van der Waals surface area contributed by atoms with Crippen LogP contribution in [0.1, 0.15) is 64.0 Å². The third-order valence-electron chi connectivity index (χ3n) is 5.55. The molecule has 1 saturated heterocycles. The van der Waals surface area contributed by atoms with Crippen LogP contribution < -0.4 is 16.4 Å². The van der Waals surface area contributed by atoms with E-state index in [0.29, 0.717) is 30.3 Å². The van der Waals surface area contributed by atoms with E-state index in [0.717, 1.165) is 6.42 Å². The van der Waals surface area contributed by atoms with Crippen molar-refractivity contribution in [1.82, 2.24) is 25.5 Å². The van der Waals surface area contributed by atoms with Gasteiger partial charge in [0.05, 0.1) is 17.3 Å². The number of likely N-dealkylation sites (tertiary alicyclic amines) is 1. The lowest BCUT2D eigenvalue weighted by Gasteiger charge is -2.35. The number of rotatable bonds is 3. The maximum Gasteiger partial charge on any atom is 0.290 e. The quantitative estimate of drug-likeness (QED) is 0.708. The van der Waals surface area contributed by atoms with Crippen LogP contribution in [-0.2, 0) is 9.59 Å². The number of nitrogens with zero attached hydrogens (tertiary/aromatic N) is 3. The summed E-state index contributed by atoms with van der Waals surface area (Å²) in [4.78, 5) is 52.5. The molecular weight excluding hydrogens is 410 g/mol. The Kier molecular flexibility index (Phi) is 6.66. The van der Waals surface area contributed by atoms with Gasteiger partial charge in [0.1, 0.15) is 0 Å². The highest BCUT2D eigenvalue weighted by atomic mass is 16.2. The number of carbonyl (C=O) groups is 3. The first-order chi connectivity index (χ1) is 15.0. The molecule has 0 radical (unpaired) electrons. The van der Waals surface area contributed by atoms with Crippen LogP contribution in [0.3, 0.4) is 0 Å². The molecule has 32 heavy (non-hydrogen) atoms. The molecule has 172 valence electrons. The van der Waals surface area contributed by atoms with E-state index < -0.39 is 17.2 Å². The molecular formula is C23H31N5O4. The Bertz CT molecular complexity index is 1100. The van der Waals surface area contributed by atoms with Gasteiger partial charge < -0.3 is 4.90 Å². The van der Waals surface area contributed by atoms with Gasteiger partial charge in [0, 0.05) is 23.9 Å². The first-order valence-corrected chi connectivity index (χ1v) is 10.9. The van der Waals surface area contributed by atoms with Crippen molar-refractivity contribution >= 4 is 28.5 Å². The Morgan fingerprint density at radius 1 is 1.09 bits per heavy atom. The van der Waals surface area contributed by atoms with Gasteiger partial charge in [0.2, 0.25) is 11.8 Å². The molecule has 0 bridgehead atoms. The van der Waals surface area contributed by atoms with Crippen LogP contribution in [0.4, 0.5) is 0 Å². The Morgan fingerprint density at radius 2 is 1.75 bits per heavy atom. The molecule has 9 heteroatoms. The van der Waals surface area contributed by atoms with Gasteiger partial charge in [-0.1, -0.05) is 39.0 Å². The molecule has 3 rings (SSSR count). The average Bonchev–Trinajstić information content (AvgIpc) is 2.76. The highest BCUT2D eigenvalue weighted by Crippen LogP contribution is 2.23. The van der Waals surface area contributed by atoms with Crippen LogP contribution >= 0.6 is 0 Å². The molecule has 0 spiro atoms. The van der Waals surface area contributed by atoms with Crippen LogP contribution in [0.25, 0.3) is 10.8 Å². The summed E-state index contributed by atoms with van der Waals surface area (Å²) in [5.74, 6) is -1.37. The fourth-order valence-corrected chi connectivity index (χ4v) is 3.85. The van der Waals surface area contributed by atoms with Gasteiger partial charge in [-0.25, -0.2) is 4.68 Å². The van der Waals surface area contributed by atoms with Crippen molar-refractivity contribution in [3.05, 3.63) is 40.3 Å². The normalized spacial score (nSPS) is 16.8. The van der Waals surface area contributed by atoms with Crippen molar-refractivity contribution in [3.8, 4) is 0 Å². The van der Waals surface area contributed by atoms with E-state index in [4.69, 9.17) is 0 Å². The number of carbonyl (C=O) groups excluding carboxylic acids is 3. The summed E-state index contributed by atoms with van der Waals surface area (Å²) in [5.41, 5.74) is 4.17. The fraction of sp³-hybridized carbons (Fsp3) is 0.522. The first kappa shape index (κ1) is 23.4. The molecule has 0 aliphatic carbocycles. The highest BCUT2D eigenvalue weighted by molar-refractivity contribution is 6.05. The van der Waals surface area contributed by atoms with Gasteiger partial charge >= 0.3 is 0 Å². The van der Waals surface area contributed by atoms with Crippen molar-refractivity contribution in [1.29, 1.82) is 0 Å². The third kappa shape index (κ3) is 4.81. The van der Waals surface area contributed by atoms with E-state index in [1.54, 1.807) is 43.0 Å². The van der Waals surface area contributed by atoms with E-state index in [-0.39, 0.29) is 29.1 Å². The number of fused-ring (bicyclic) bond motifs is 1. The molecule has 1 aromatic heterocycles. The molecule has 1 aliphatic rings. The van der Waals surface area contributed by atoms with E-state index in [1.165, 1.54) is 4.68 Å². The van der Waals surface area contributed by atoms with Gasteiger partial charge in [-0.3, -0.25) is 30.0 Å². The number of aromatic nitrogens is 2. The maximum absolute atomic E-state index is 12.9. The third-order valence-corrected chi connectivity index (χ3v) is 5.55. The van der Waals surface area contributed by atoms with Crippen LogP contribution in [0, 0.1) is 11.3 Å². The second kappa shape index (κ2) is 9.10. The summed E-state index contributed by atoms with van der Waals surface area (Å²) < 4.78 is 1.26. The van der Waals surface area contributed by atoms with Gasteiger partial charge in [-0.05, 0) is 32.8 Å². The Labute approximate surface area is 187 Å². The predicted molar refractivity (Wildman–Crippen MR) is 121 cm³/mol. The van der Waals surface area contributed by atoms with Crippen molar-refractivity contribution in [2.75, 3.05) is 13.1 Å². The summed E-state index contributed by atoms with van der Waals surface area (Å²) in [6.45, 7) is 10.1. The van der Waals surface area contributed by atoms with Gasteiger partial charge in [0.25, 0.3) is 11.5 Å². The van der Waals surface area contributed by atoms with Crippen LogP contribution in [0.5, 0.6) is 0 Å². The average molecular weight is 442 g/mol. The topological polar surface area (TPSA) is 113 Å². The van der Waals surface area contributed by atoms with E-state index in [2.05, 4.69) is 16.0 Å². The minimum atomic E-state index is -0.609. The molecule has 3 amide bonds. The summed E-state index contributed by atoms with van der Waals surface area (Å²) >= 11 is 0. The molecule has 2 aromatic rings. The number of benzene rings is 1. The number of piperidine rings is 1. The SMILES string of the molecule is CC(C)n1nc(C(=O)NNC(=O)C2CCCN(C(=O)C(C)(C)C)C2)c2ccccc2c1=O. The molecule has 2 heterocycles. The lowest BCUT2D eigenvalue weighted by molar-refractivity contribution is -0.143. The summed E-state index contributed by atoms with van der Waals surface area (Å²) in [6, 6.07) is 6.52. The zero-order chi connectivity index (χ0) is 23.6. The second-order valence-electron chi connectivity index (χ2n) is 9.52. The number of nitrogens with one attached hydrogen (secondary N) is 2. The molecule has 0 saturated carbocycles. The zero-order valence-electron chi connectivity index (χ0n) is 19.3.